The number of hydrogen-bond acceptors (Lipinski definition) is 3. The lowest BCUT2D eigenvalue weighted by Crippen LogP contribution is -2.40. The fourth-order valence-corrected chi connectivity index (χ4v) is 2.15. The molecule has 0 radical (unpaired) electrons. The summed E-state index contributed by atoms with van der Waals surface area (Å²) < 4.78 is 0. The number of rotatable bonds is 5. The van der Waals surface area contributed by atoms with Crippen LogP contribution in [0.4, 0.5) is 0 Å². The van der Waals surface area contributed by atoms with Crippen LogP contribution in [0.2, 0.25) is 0 Å². The van der Waals surface area contributed by atoms with E-state index in [1.54, 1.807) is 0 Å². The van der Waals surface area contributed by atoms with Gasteiger partial charge in [-0.15, -0.1) is 0 Å². The molecule has 2 aromatic rings. The van der Waals surface area contributed by atoms with Gasteiger partial charge in [0.1, 0.15) is 0 Å². The van der Waals surface area contributed by atoms with Gasteiger partial charge in [0, 0.05) is 13.5 Å². The molecule has 0 spiro atoms. The number of nitrogens with one attached hydrogen (secondary N) is 2. The van der Waals surface area contributed by atoms with Gasteiger partial charge in [-0.1, -0.05) is 36.4 Å². The molecule has 5 nitrogen and oxygen atoms in total. The zero-order valence-electron chi connectivity index (χ0n) is 11.9. The summed E-state index contributed by atoms with van der Waals surface area (Å²) in [5, 5.41) is 7.53. The van der Waals surface area contributed by atoms with Gasteiger partial charge in [-0.2, -0.15) is 0 Å². The molecule has 1 atom stereocenters. The highest BCUT2D eigenvalue weighted by atomic mass is 16.2. The molecule has 0 heterocycles. The van der Waals surface area contributed by atoms with Gasteiger partial charge in [0.2, 0.25) is 11.8 Å². The topological polar surface area (TPSA) is 84.2 Å². The van der Waals surface area contributed by atoms with Crippen LogP contribution in [0, 0.1) is 0 Å². The second kappa shape index (κ2) is 6.85. The molecule has 0 fully saturated rings. The summed E-state index contributed by atoms with van der Waals surface area (Å²) in [4.78, 5) is 22.6. The maximum atomic E-state index is 11.8. The van der Waals surface area contributed by atoms with E-state index in [-0.39, 0.29) is 24.4 Å². The summed E-state index contributed by atoms with van der Waals surface area (Å²) in [5.74, 6) is -0.492. The molecule has 21 heavy (non-hydrogen) atoms. The van der Waals surface area contributed by atoms with Crippen LogP contribution in [0.1, 0.15) is 18.5 Å². The van der Waals surface area contributed by atoms with E-state index < -0.39 is 0 Å². The first-order valence-electron chi connectivity index (χ1n) is 6.82. The van der Waals surface area contributed by atoms with Crippen molar-refractivity contribution in [1.82, 2.24) is 10.6 Å². The van der Waals surface area contributed by atoms with E-state index in [0.717, 1.165) is 16.3 Å². The van der Waals surface area contributed by atoms with Crippen molar-refractivity contribution in [3.63, 3.8) is 0 Å². The van der Waals surface area contributed by atoms with E-state index >= 15 is 0 Å². The molecule has 110 valence electrons. The van der Waals surface area contributed by atoms with Gasteiger partial charge in [0.25, 0.3) is 0 Å². The number of fused-ring (bicyclic) bond motifs is 1. The van der Waals surface area contributed by atoms with Crippen molar-refractivity contribution in [2.24, 2.45) is 5.73 Å². The van der Waals surface area contributed by atoms with Crippen LogP contribution in [0.15, 0.2) is 42.5 Å². The van der Waals surface area contributed by atoms with Gasteiger partial charge in [-0.3, -0.25) is 9.59 Å². The fraction of sp³-hybridized carbons (Fsp3) is 0.250. The summed E-state index contributed by atoms with van der Waals surface area (Å²) in [6.45, 7) is 1.63. The number of amides is 2. The van der Waals surface area contributed by atoms with Crippen LogP contribution in [0.5, 0.6) is 0 Å². The molecule has 0 aromatic heterocycles. The highest BCUT2D eigenvalue weighted by Crippen LogP contribution is 2.19. The second-order valence-corrected chi connectivity index (χ2v) is 4.87. The predicted octanol–water partition coefficient (Wildman–Crippen LogP) is 1.09. The van der Waals surface area contributed by atoms with Gasteiger partial charge in [0.15, 0.2) is 0 Å². The van der Waals surface area contributed by atoms with Crippen molar-refractivity contribution in [1.29, 1.82) is 0 Å². The number of carbonyl (C=O) groups excluding carboxylic acids is 2. The highest BCUT2D eigenvalue weighted by Gasteiger charge is 2.13. The van der Waals surface area contributed by atoms with Crippen LogP contribution < -0.4 is 16.4 Å². The van der Waals surface area contributed by atoms with Gasteiger partial charge in [-0.25, -0.2) is 0 Å². The molecule has 2 rings (SSSR count). The van der Waals surface area contributed by atoms with E-state index in [1.807, 2.05) is 42.5 Å². The Morgan fingerprint density at radius 1 is 1.14 bits per heavy atom. The molecule has 5 heteroatoms. The largest absolute Gasteiger partial charge is 0.347 e. The molecule has 0 aliphatic heterocycles. The molecule has 0 saturated carbocycles. The first-order valence-corrected chi connectivity index (χ1v) is 6.82. The first-order chi connectivity index (χ1) is 10.1. The number of nitrogens with two attached hydrogens (primary N) is 1. The smallest absolute Gasteiger partial charge is 0.239 e. The standard InChI is InChI=1S/C16H19N3O2/c1-11(20)18-10-16(21)19-15(9-17)14-7-6-12-4-2-3-5-13(12)8-14/h2-8,15H,9-10,17H2,1H3,(H,18,20)(H,19,21). The van der Waals surface area contributed by atoms with Crippen LogP contribution in [-0.4, -0.2) is 24.9 Å². The number of carbonyl (C=O) groups is 2. The Balaban J connectivity index is 2.11. The van der Waals surface area contributed by atoms with E-state index in [4.69, 9.17) is 5.73 Å². The second-order valence-electron chi connectivity index (χ2n) is 4.87. The minimum Gasteiger partial charge on any atom is -0.347 e. The molecule has 0 saturated heterocycles. The third kappa shape index (κ3) is 4.03. The number of benzene rings is 2. The van der Waals surface area contributed by atoms with Crippen LogP contribution in [-0.2, 0) is 9.59 Å². The Labute approximate surface area is 123 Å². The van der Waals surface area contributed by atoms with Gasteiger partial charge >= 0.3 is 0 Å². The van der Waals surface area contributed by atoms with Crippen molar-refractivity contribution in [2.75, 3.05) is 13.1 Å². The van der Waals surface area contributed by atoms with E-state index in [1.165, 1.54) is 6.92 Å². The normalized spacial score (nSPS) is 11.9. The van der Waals surface area contributed by atoms with E-state index in [9.17, 15) is 9.59 Å². The summed E-state index contributed by atoms with van der Waals surface area (Å²) in [5.41, 5.74) is 6.70. The Morgan fingerprint density at radius 3 is 2.52 bits per heavy atom. The lowest BCUT2D eigenvalue weighted by molar-refractivity contribution is -0.125. The van der Waals surface area contributed by atoms with Crippen molar-refractivity contribution in [3.8, 4) is 0 Å². The minimum absolute atomic E-state index is 0.0422. The zero-order valence-corrected chi connectivity index (χ0v) is 11.9. The van der Waals surface area contributed by atoms with Gasteiger partial charge < -0.3 is 16.4 Å². The van der Waals surface area contributed by atoms with Crippen LogP contribution in [0.3, 0.4) is 0 Å². The average molecular weight is 285 g/mol. The maximum absolute atomic E-state index is 11.8. The molecule has 0 aliphatic carbocycles. The molecule has 1 unspecified atom stereocenters. The van der Waals surface area contributed by atoms with Crippen LogP contribution in [0.25, 0.3) is 10.8 Å². The highest BCUT2D eigenvalue weighted by molar-refractivity contribution is 5.85. The third-order valence-corrected chi connectivity index (χ3v) is 3.24. The Kier molecular flexibility index (Phi) is 4.90. The van der Waals surface area contributed by atoms with Crippen molar-refractivity contribution < 1.29 is 9.59 Å². The average Bonchev–Trinajstić information content (AvgIpc) is 2.50. The zero-order chi connectivity index (χ0) is 15.2. The Bertz CT molecular complexity index is 655. The predicted molar refractivity (Wildman–Crippen MR) is 82.6 cm³/mol. The maximum Gasteiger partial charge on any atom is 0.239 e. The molecule has 0 bridgehead atoms. The molecular formula is C16H19N3O2. The van der Waals surface area contributed by atoms with Crippen LogP contribution >= 0.6 is 0 Å². The number of hydrogen-bond donors (Lipinski definition) is 3. The molecule has 2 aromatic carbocycles. The fourth-order valence-electron chi connectivity index (χ4n) is 2.15. The summed E-state index contributed by atoms with van der Waals surface area (Å²) in [6, 6.07) is 13.7. The van der Waals surface area contributed by atoms with Crippen molar-refractivity contribution in [3.05, 3.63) is 48.0 Å². The Morgan fingerprint density at radius 2 is 1.86 bits per heavy atom. The minimum atomic E-state index is -0.268. The quantitative estimate of drug-likeness (QED) is 0.769. The van der Waals surface area contributed by atoms with Gasteiger partial charge in [-0.05, 0) is 22.4 Å². The molecule has 4 N–H and O–H groups in total. The first kappa shape index (κ1) is 15.0. The van der Waals surface area contributed by atoms with E-state index in [0.29, 0.717) is 6.54 Å². The summed E-state index contributed by atoms with van der Waals surface area (Å²) in [7, 11) is 0. The Hall–Kier alpha value is -2.40. The molecule has 2 amide bonds. The third-order valence-electron chi connectivity index (χ3n) is 3.24. The lowest BCUT2D eigenvalue weighted by Gasteiger charge is -2.18. The van der Waals surface area contributed by atoms with Gasteiger partial charge in [0.05, 0.1) is 12.6 Å². The SMILES string of the molecule is CC(=O)NCC(=O)NC(CN)c1ccc2ccccc2c1. The lowest BCUT2D eigenvalue weighted by atomic mass is 10.0. The van der Waals surface area contributed by atoms with Crippen molar-refractivity contribution >= 4 is 22.6 Å². The summed E-state index contributed by atoms with van der Waals surface area (Å²) >= 11 is 0. The molecule has 0 aliphatic rings. The molecular weight excluding hydrogens is 266 g/mol. The monoisotopic (exact) mass is 285 g/mol. The summed E-state index contributed by atoms with van der Waals surface area (Å²) in [6.07, 6.45) is 0. The van der Waals surface area contributed by atoms with Crippen molar-refractivity contribution in [2.45, 2.75) is 13.0 Å². The van der Waals surface area contributed by atoms with E-state index in [2.05, 4.69) is 10.6 Å².